The molecule has 2 unspecified atom stereocenters. The lowest BCUT2D eigenvalue weighted by Gasteiger charge is -2.12. The quantitative estimate of drug-likeness (QED) is 0.366. The standard InChI is InChI=1S/C15H18O4S.C13H16O3S/c1-10-3-5-12(6-4-10)15(17)18-9-13-7-8-14(20-13)19-11(2)16;1-9-2-4-10(5-3-9)13(15)16-8-11-6-7-12(14)17-11/h3-6,13-14H,7-9H2,1-2H3;2-5,11-12,14H,6-8H2,1H3/t13-,14?;11-,12?/m00/s1. The second-order valence-corrected chi connectivity index (χ2v) is 12.0. The topological polar surface area (TPSA) is 99.1 Å². The number of ether oxygens (including phenoxy) is 3. The molecule has 0 amide bonds. The molecule has 0 aliphatic carbocycles. The van der Waals surface area contributed by atoms with Crippen molar-refractivity contribution in [2.45, 2.75) is 67.8 Å². The summed E-state index contributed by atoms with van der Waals surface area (Å²) in [5, 5.41) is 9.77. The third-order valence-electron chi connectivity index (χ3n) is 5.83. The van der Waals surface area contributed by atoms with Crippen molar-refractivity contribution in [1.82, 2.24) is 0 Å². The van der Waals surface area contributed by atoms with Crippen molar-refractivity contribution in [2.75, 3.05) is 13.2 Å². The molecule has 0 aromatic heterocycles. The summed E-state index contributed by atoms with van der Waals surface area (Å²) in [4.78, 5) is 34.4. The van der Waals surface area contributed by atoms with Crippen LogP contribution in [0.2, 0.25) is 0 Å². The first kappa shape index (κ1) is 29.1. The third kappa shape index (κ3) is 10.1. The molecule has 0 saturated carbocycles. The van der Waals surface area contributed by atoms with Gasteiger partial charge in [-0.1, -0.05) is 35.4 Å². The van der Waals surface area contributed by atoms with Gasteiger partial charge in [0.25, 0.3) is 0 Å². The molecule has 2 aromatic rings. The van der Waals surface area contributed by atoms with Gasteiger partial charge in [0.2, 0.25) is 0 Å². The average Bonchev–Trinajstić information content (AvgIpc) is 3.50. The van der Waals surface area contributed by atoms with Gasteiger partial charge < -0.3 is 19.3 Å². The van der Waals surface area contributed by atoms with Gasteiger partial charge in [0, 0.05) is 17.4 Å². The molecule has 0 radical (unpaired) electrons. The van der Waals surface area contributed by atoms with E-state index >= 15 is 0 Å². The van der Waals surface area contributed by atoms with Crippen molar-refractivity contribution >= 4 is 41.4 Å². The summed E-state index contributed by atoms with van der Waals surface area (Å²) in [6, 6.07) is 14.6. The summed E-state index contributed by atoms with van der Waals surface area (Å²) in [7, 11) is 0. The molecule has 37 heavy (non-hydrogen) atoms. The minimum Gasteiger partial charge on any atom is -0.461 e. The van der Waals surface area contributed by atoms with E-state index in [1.54, 1.807) is 36.0 Å². The van der Waals surface area contributed by atoms with Gasteiger partial charge in [-0.25, -0.2) is 9.59 Å². The lowest BCUT2D eigenvalue weighted by Crippen LogP contribution is -2.14. The first-order valence-electron chi connectivity index (χ1n) is 12.3. The van der Waals surface area contributed by atoms with Crippen molar-refractivity contribution in [3.05, 3.63) is 70.8 Å². The number of hydrogen-bond donors (Lipinski definition) is 1. The number of aliphatic hydroxyl groups is 1. The van der Waals surface area contributed by atoms with Gasteiger partial charge in [0.15, 0.2) is 0 Å². The highest BCUT2D eigenvalue weighted by Crippen LogP contribution is 2.34. The lowest BCUT2D eigenvalue weighted by atomic mass is 10.1. The Bertz CT molecular complexity index is 1040. The fraction of sp³-hybridized carbons (Fsp3) is 0.464. The van der Waals surface area contributed by atoms with E-state index in [0.717, 1.165) is 36.8 Å². The normalized spacial score (nSPS) is 22.5. The minimum absolute atomic E-state index is 0.101. The SMILES string of the molecule is CC(=O)OC1CC[C@@H](COC(=O)c2ccc(C)cc2)S1.Cc1ccc(C(=O)OC[C@@H]2CCC(O)S2)cc1. The summed E-state index contributed by atoms with van der Waals surface area (Å²) in [6.45, 7) is 6.10. The summed E-state index contributed by atoms with van der Waals surface area (Å²) < 4.78 is 15.7. The Kier molecular flexibility index (Phi) is 11.4. The number of aryl methyl sites for hydroxylation is 2. The van der Waals surface area contributed by atoms with Crippen LogP contribution in [0.3, 0.4) is 0 Å². The molecule has 2 aliphatic rings. The van der Waals surface area contributed by atoms with Gasteiger partial charge in [-0.3, -0.25) is 4.79 Å². The maximum atomic E-state index is 11.9. The Morgan fingerprint density at radius 1 is 0.757 bits per heavy atom. The van der Waals surface area contributed by atoms with Crippen molar-refractivity contribution in [3.63, 3.8) is 0 Å². The Labute approximate surface area is 226 Å². The zero-order chi connectivity index (χ0) is 26.8. The van der Waals surface area contributed by atoms with Crippen LogP contribution in [-0.2, 0) is 19.0 Å². The number of benzene rings is 2. The second-order valence-electron chi connectivity index (χ2n) is 9.09. The molecule has 7 nitrogen and oxygen atoms in total. The van der Waals surface area contributed by atoms with Crippen molar-refractivity contribution in [3.8, 4) is 0 Å². The zero-order valence-corrected chi connectivity index (χ0v) is 23.0. The Hall–Kier alpha value is -2.49. The van der Waals surface area contributed by atoms with E-state index in [9.17, 15) is 19.5 Å². The highest BCUT2D eigenvalue weighted by Gasteiger charge is 2.28. The largest absolute Gasteiger partial charge is 0.461 e. The van der Waals surface area contributed by atoms with Gasteiger partial charge in [-0.15, -0.1) is 23.5 Å². The number of thioether (sulfide) groups is 2. The van der Waals surface area contributed by atoms with Crippen molar-refractivity contribution < 1.29 is 33.7 Å². The summed E-state index contributed by atoms with van der Waals surface area (Å²) >= 11 is 3.04. The molecule has 2 heterocycles. The maximum absolute atomic E-state index is 11.9. The van der Waals surface area contributed by atoms with E-state index in [-0.39, 0.29) is 39.3 Å². The number of aliphatic hydroxyl groups excluding tert-OH is 1. The Morgan fingerprint density at radius 2 is 1.22 bits per heavy atom. The van der Waals surface area contributed by atoms with Crippen LogP contribution in [0.1, 0.15) is 64.4 Å². The van der Waals surface area contributed by atoms with E-state index in [1.165, 1.54) is 18.7 Å². The Balaban J connectivity index is 0.000000208. The van der Waals surface area contributed by atoms with Gasteiger partial charge in [0.1, 0.15) is 18.6 Å². The molecular formula is C28H34O7S2. The molecule has 4 rings (SSSR count). The van der Waals surface area contributed by atoms with Crippen molar-refractivity contribution in [1.29, 1.82) is 0 Å². The predicted octanol–water partition coefficient (Wildman–Crippen LogP) is 5.30. The van der Waals surface area contributed by atoms with E-state index in [0.29, 0.717) is 24.3 Å². The van der Waals surface area contributed by atoms with Crippen LogP contribution in [0.5, 0.6) is 0 Å². The fourth-order valence-corrected chi connectivity index (χ4v) is 6.21. The summed E-state index contributed by atoms with van der Waals surface area (Å²) in [6.07, 6.45) is 3.41. The van der Waals surface area contributed by atoms with Crippen LogP contribution in [-0.4, -0.2) is 57.6 Å². The molecule has 200 valence electrons. The molecule has 2 saturated heterocycles. The number of esters is 3. The highest BCUT2D eigenvalue weighted by atomic mass is 32.2. The molecule has 4 atom stereocenters. The molecule has 2 aliphatic heterocycles. The molecule has 2 fully saturated rings. The number of hydrogen-bond acceptors (Lipinski definition) is 9. The smallest absolute Gasteiger partial charge is 0.338 e. The van der Waals surface area contributed by atoms with E-state index in [1.807, 2.05) is 38.1 Å². The molecule has 0 bridgehead atoms. The molecule has 1 N–H and O–H groups in total. The number of carbonyl (C=O) groups excluding carboxylic acids is 3. The van der Waals surface area contributed by atoms with Crippen LogP contribution >= 0.6 is 23.5 Å². The first-order chi connectivity index (χ1) is 17.7. The predicted molar refractivity (Wildman–Crippen MR) is 146 cm³/mol. The molecule has 9 heteroatoms. The van der Waals surface area contributed by atoms with Gasteiger partial charge in [0.05, 0.1) is 16.6 Å². The van der Waals surface area contributed by atoms with Gasteiger partial charge >= 0.3 is 17.9 Å². The zero-order valence-electron chi connectivity index (χ0n) is 21.4. The summed E-state index contributed by atoms with van der Waals surface area (Å²) in [5.74, 6) is -0.853. The minimum atomic E-state index is -0.304. The first-order valence-corrected chi connectivity index (χ1v) is 14.2. The van der Waals surface area contributed by atoms with E-state index in [2.05, 4.69) is 0 Å². The van der Waals surface area contributed by atoms with Crippen LogP contribution in [0.4, 0.5) is 0 Å². The van der Waals surface area contributed by atoms with Crippen molar-refractivity contribution in [2.24, 2.45) is 0 Å². The maximum Gasteiger partial charge on any atom is 0.338 e. The van der Waals surface area contributed by atoms with Crippen LogP contribution in [0, 0.1) is 13.8 Å². The van der Waals surface area contributed by atoms with Crippen LogP contribution in [0.25, 0.3) is 0 Å². The average molecular weight is 547 g/mol. The third-order valence-corrected chi connectivity index (χ3v) is 8.53. The van der Waals surface area contributed by atoms with Gasteiger partial charge in [-0.2, -0.15) is 0 Å². The van der Waals surface area contributed by atoms with E-state index in [4.69, 9.17) is 14.2 Å². The number of rotatable bonds is 7. The highest BCUT2D eigenvalue weighted by molar-refractivity contribution is 8.00. The fourth-order valence-electron chi connectivity index (χ4n) is 3.76. The Morgan fingerprint density at radius 3 is 1.65 bits per heavy atom. The summed E-state index contributed by atoms with van der Waals surface area (Å²) in [5.41, 5.74) is 2.98. The second kappa shape index (κ2) is 14.4. The number of carbonyl (C=O) groups is 3. The monoisotopic (exact) mass is 546 g/mol. The molecule has 2 aromatic carbocycles. The van der Waals surface area contributed by atoms with Gasteiger partial charge in [-0.05, 0) is 63.8 Å². The van der Waals surface area contributed by atoms with E-state index < -0.39 is 0 Å². The lowest BCUT2D eigenvalue weighted by molar-refractivity contribution is -0.142. The molecular weight excluding hydrogens is 512 g/mol. The molecule has 0 spiro atoms. The van der Waals surface area contributed by atoms with Crippen LogP contribution in [0.15, 0.2) is 48.5 Å². The van der Waals surface area contributed by atoms with Crippen LogP contribution < -0.4 is 0 Å².